The van der Waals surface area contributed by atoms with Gasteiger partial charge in [-0.2, -0.15) is 26.3 Å². The highest BCUT2D eigenvalue weighted by atomic mass is 19.4. The lowest BCUT2D eigenvalue weighted by atomic mass is 10.4. The smallest absolute Gasteiger partial charge is 0.422 e. The number of halogens is 6. The Hall–Kier alpha value is -1.19. The summed E-state index contributed by atoms with van der Waals surface area (Å²) >= 11 is 0. The van der Waals surface area contributed by atoms with E-state index in [1.165, 1.54) is 7.05 Å². The van der Waals surface area contributed by atoms with E-state index in [4.69, 9.17) is 0 Å². The van der Waals surface area contributed by atoms with Crippen LogP contribution in [0.3, 0.4) is 0 Å². The number of alkyl halides is 6. The van der Waals surface area contributed by atoms with Crippen molar-refractivity contribution in [3.8, 4) is 0 Å². The van der Waals surface area contributed by atoms with Crippen molar-refractivity contribution in [3.05, 3.63) is 0 Å². The van der Waals surface area contributed by atoms with E-state index in [-0.39, 0.29) is 19.5 Å². The minimum atomic E-state index is -4.61. The van der Waals surface area contributed by atoms with Crippen LogP contribution in [0, 0.1) is 0 Å². The highest BCUT2D eigenvalue weighted by molar-refractivity contribution is 5.67. The molecule has 0 aliphatic rings. The summed E-state index contributed by atoms with van der Waals surface area (Å²) in [6.45, 7) is -2.82. The quantitative estimate of drug-likeness (QED) is 0.603. The molecule has 0 radical (unpaired) electrons. The van der Waals surface area contributed by atoms with Crippen molar-refractivity contribution in [3.63, 3.8) is 0 Å². The van der Waals surface area contributed by atoms with Crippen molar-refractivity contribution < 1.29 is 35.9 Å². The predicted octanol–water partition coefficient (Wildman–Crippen LogP) is 2.16. The molecule has 0 heterocycles. The molecular weight excluding hydrogens is 282 g/mol. The van der Waals surface area contributed by atoms with Gasteiger partial charge in [-0.05, 0) is 20.0 Å². The summed E-state index contributed by atoms with van der Waals surface area (Å²) in [6.07, 6.45) is -10.0. The van der Waals surface area contributed by atoms with Crippen LogP contribution >= 0.6 is 0 Å². The molecule has 0 unspecified atom stereocenters. The minimum Gasteiger partial charge on any atom is -0.440 e. The molecule has 4 nitrogen and oxygen atoms in total. The van der Waals surface area contributed by atoms with Crippen LogP contribution in [0.5, 0.6) is 0 Å². The molecule has 1 N–H and O–H groups in total. The summed E-state index contributed by atoms with van der Waals surface area (Å²) in [6, 6.07) is 0. The highest BCUT2D eigenvalue weighted by Gasteiger charge is 2.30. The molecule has 0 saturated heterocycles. The molecule has 0 aromatic carbocycles. The molecule has 0 fully saturated rings. The molecule has 0 saturated carbocycles. The third-order valence-corrected chi connectivity index (χ3v) is 1.80. The SMILES string of the molecule is CN(CCCNC(=O)OCC(F)(F)F)CC(F)(F)F. The largest absolute Gasteiger partial charge is 0.440 e. The Kier molecular flexibility index (Phi) is 6.95. The number of hydrogen-bond donors (Lipinski definition) is 1. The van der Waals surface area contributed by atoms with Crippen LogP contribution in [0.1, 0.15) is 6.42 Å². The summed E-state index contributed by atoms with van der Waals surface area (Å²) in [4.78, 5) is 11.7. The Bertz CT molecular complexity index is 279. The highest BCUT2D eigenvalue weighted by Crippen LogP contribution is 2.15. The second-order valence-electron chi connectivity index (χ2n) is 3.82. The van der Waals surface area contributed by atoms with E-state index >= 15 is 0 Å². The van der Waals surface area contributed by atoms with Gasteiger partial charge in [-0.25, -0.2) is 4.79 Å². The number of ether oxygens (including phenoxy) is 1. The van der Waals surface area contributed by atoms with Crippen LogP contribution in [0.25, 0.3) is 0 Å². The zero-order valence-electron chi connectivity index (χ0n) is 10.1. The van der Waals surface area contributed by atoms with E-state index < -0.39 is 31.6 Å². The summed E-state index contributed by atoms with van der Waals surface area (Å²) in [5.74, 6) is 0. The molecule has 0 atom stereocenters. The molecule has 0 aliphatic heterocycles. The van der Waals surface area contributed by atoms with Gasteiger partial charge in [-0.1, -0.05) is 0 Å². The first-order chi connectivity index (χ1) is 8.49. The monoisotopic (exact) mass is 296 g/mol. The first-order valence-corrected chi connectivity index (χ1v) is 5.22. The number of carbonyl (C=O) groups is 1. The van der Waals surface area contributed by atoms with Gasteiger partial charge in [0.15, 0.2) is 6.61 Å². The summed E-state index contributed by atoms with van der Waals surface area (Å²) in [7, 11) is 1.25. The van der Waals surface area contributed by atoms with Crippen LogP contribution < -0.4 is 5.32 Å². The Morgan fingerprint density at radius 3 is 2.21 bits per heavy atom. The summed E-state index contributed by atoms with van der Waals surface area (Å²) < 4.78 is 74.5. The Morgan fingerprint density at radius 1 is 1.16 bits per heavy atom. The van der Waals surface area contributed by atoms with Crippen molar-refractivity contribution >= 4 is 6.09 Å². The normalized spacial score (nSPS) is 12.6. The van der Waals surface area contributed by atoms with E-state index in [1.54, 1.807) is 0 Å². The van der Waals surface area contributed by atoms with Crippen LogP contribution in [0.4, 0.5) is 31.1 Å². The van der Waals surface area contributed by atoms with Crippen molar-refractivity contribution in [2.24, 2.45) is 0 Å². The Labute approximate surface area is 105 Å². The molecule has 1 amide bonds. The molecule has 0 rings (SSSR count). The topological polar surface area (TPSA) is 41.6 Å². The summed E-state index contributed by atoms with van der Waals surface area (Å²) in [5.41, 5.74) is 0. The maximum Gasteiger partial charge on any atom is 0.422 e. The first-order valence-electron chi connectivity index (χ1n) is 5.22. The molecule has 19 heavy (non-hydrogen) atoms. The number of alkyl carbamates (subject to hydrolysis) is 1. The fraction of sp³-hybridized carbons (Fsp3) is 0.889. The first kappa shape index (κ1) is 17.8. The number of nitrogens with one attached hydrogen (secondary N) is 1. The lowest BCUT2D eigenvalue weighted by Gasteiger charge is -2.18. The fourth-order valence-corrected chi connectivity index (χ4v) is 1.12. The second kappa shape index (κ2) is 7.41. The standard InChI is InChI=1S/C9H14F6N2O2/c1-17(5-8(10,11)12)4-2-3-16-7(18)19-6-9(13,14)15/h2-6H2,1H3,(H,16,18). The molecule has 114 valence electrons. The van der Waals surface area contributed by atoms with Gasteiger partial charge in [0.1, 0.15) is 0 Å². The fourth-order valence-electron chi connectivity index (χ4n) is 1.12. The molecular formula is C9H14F6N2O2. The van der Waals surface area contributed by atoms with E-state index in [0.717, 1.165) is 4.90 Å². The van der Waals surface area contributed by atoms with Gasteiger partial charge in [-0.15, -0.1) is 0 Å². The second-order valence-corrected chi connectivity index (χ2v) is 3.82. The molecule has 10 heteroatoms. The van der Waals surface area contributed by atoms with Crippen LogP contribution in [-0.2, 0) is 4.74 Å². The minimum absolute atomic E-state index is 0.0407. The Balaban J connectivity index is 3.61. The number of carbonyl (C=O) groups excluding carboxylic acids is 1. The number of hydrogen-bond acceptors (Lipinski definition) is 3. The van der Waals surface area contributed by atoms with Gasteiger partial charge >= 0.3 is 18.4 Å². The van der Waals surface area contributed by atoms with E-state index in [2.05, 4.69) is 4.74 Å². The van der Waals surface area contributed by atoms with Crippen molar-refractivity contribution in [2.75, 3.05) is 33.3 Å². The van der Waals surface area contributed by atoms with Crippen LogP contribution in [0.2, 0.25) is 0 Å². The average molecular weight is 296 g/mol. The number of nitrogens with zero attached hydrogens (tertiary/aromatic N) is 1. The average Bonchev–Trinajstić information content (AvgIpc) is 2.18. The molecule has 0 aromatic rings. The third kappa shape index (κ3) is 13.0. The summed E-state index contributed by atoms with van der Waals surface area (Å²) in [5, 5.41) is 2.00. The lowest BCUT2D eigenvalue weighted by molar-refractivity contribution is -0.160. The van der Waals surface area contributed by atoms with Crippen molar-refractivity contribution in [2.45, 2.75) is 18.8 Å². The predicted molar refractivity (Wildman–Crippen MR) is 53.6 cm³/mol. The van der Waals surface area contributed by atoms with Gasteiger partial charge in [0.2, 0.25) is 0 Å². The zero-order valence-corrected chi connectivity index (χ0v) is 10.1. The maximum absolute atomic E-state index is 11.9. The van der Waals surface area contributed by atoms with Gasteiger partial charge in [0.05, 0.1) is 6.54 Å². The number of amides is 1. The maximum atomic E-state index is 11.9. The third-order valence-electron chi connectivity index (χ3n) is 1.80. The van der Waals surface area contributed by atoms with Crippen molar-refractivity contribution in [1.82, 2.24) is 10.2 Å². The Morgan fingerprint density at radius 2 is 1.74 bits per heavy atom. The molecule has 0 aromatic heterocycles. The zero-order chi connectivity index (χ0) is 15.1. The van der Waals surface area contributed by atoms with E-state index in [0.29, 0.717) is 0 Å². The van der Waals surface area contributed by atoms with Crippen molar-refractivity contribution in [1.29, 1.82) is 0 Å². The molecule has 0 aliphatic carbocycles. The molecule has 0 spiro atoms. The van der Waals surface area contributed by atoms with Gasteiger partial charge in [-0.3, -0.25) is 4.90 Å². The molecule has 0 bridgehead atoms. The van der Waals surface area contributed by atoms with Gasteiger partial charge in [0, 0.05) is 6.54 Å². The lowest BCUT2D eigenvalue weighted by Crippen LogP contribution is -2.34. The van der Waals surface area contributed by atoms with E-state index in [1.807, 2.05) is 5.32 Å². The number of rotatable bonds is 6. The van der Waals surface area contributed by atoms with Crippen LogP contribution in [-0.4, -0.2) is 56.6 Å². The van der Waals surface area contributed by atoms with Gasteiger partial charge in [0.25, 0.3) is 0 Å². The van der Waals surface area contributed by atoms with Gasteiger partial charge < -0.3 is 10.1 Å². The van der Waals surface area contributed by atoms with E-state index in [9.17, 15) is 31.1 Å². The van der Waals surface area contributed by atoms with Crippen LogP contribution in [0.15, 0.2) is 0 Å².